The molecule has 1 aromatic rings. The maximum atomic E-state index is 11.8. The van der Waals surface area contributed by atoms with Crippen LogP contribution in [0.1, 0.15) is 36.7 Å². The fraction of sp³-hybridized carbons (Fsp3) is 0.533. The molecule has 0 aliphatic rings. The number of anilines is 1. The third-order valence-corrected chi connectivity index (χ3v) is 3.04. The van der Waals surface area contributed by atoms with Crippen LogP contribution in [0.3, 0.4) is 0 Å². The van der Waals surface area contributed by atoms with Gasteiger partial charge < -0.3 is 10.5 Å². The molecule has 1 rings (SSSR count). The van der Waals surface area contributed by atoms with Crippen molar-refractivity contribution in [1.29, 1.82) is 0 Å². The maximum Gasteiger partial charge on any atom is 0.340 e. The van der Waals surface area contributed by atoms with Gasteiger partial charge in [0, 0.05) is 18.8 Å². The summed E-state index contributed by atoms with van der Waals surface area (Å²) in [6.07, 6.45) is 0. The van der Waals surface area contributed by atoms with E-state index in [2.05, 4.69) is 25.7 Å². The molecule has 0 heterocycles. The molecule has 0 aromatic heterocycles. The van der Waals surface area contributed by atoms with E-state index in [9.17, 15) is 4.79 Å². The van der Waals surface area contributed by atoms with Crippen molar-refractivity contribution in [3.8, 4) is 0 Å². The molecular formula is C15H24N2O2. The van der Waals surface area contributed by atoms with Crippen LogP contribution in [-0.2, 0) is 11.3 Å². The van der Waals surface area contributed by atoms with Gasteiger partial charge in [-0.25, -0.2) is 4.79 Å². The summed E-state index contributed by atoms with van der Waals surface area (Å²) in [5, 5.41) is 0. The van der Waals surface area contributed by atoms with Crippen molar-refractivity contribution >= 4 is 11.7 Å². The topological polar surface area (TPSA) is 55.6 Å². The van der Waals surface area contributed by atoms with Gasteiger partial charge in [0.15, 0.2) is 0 Å². The van der Waals surface area contributed by atoms with E-state index in [1.54, 1.807) is 6.07 Å². The van der Waals surface area contributed by atoms with Crippen molar-refractivity contribution in [3.63, 3.8) is 0 Å². The van der Waals surface area contributed by atoms with Crippen LogP contribution < -0.4 is 5.73 Å². The van der Waals surface area contributed by atoms with Crippen LogP contribution in [0.15, 0.2) is 18.2 Å². The molecule has 0 atom stereocenters. The van der Waals surface area contributed by atoms with E-state index in [1.165, 1.54) is 7.11 Å². The Kier molecular flexibility index (Phi) is 5.83. The van der Waals surface area contributed by atoms with Gasteiger partial charge in [0.2, 0.25) is 0 Å². The number of carbonyl (C=O) groups is 1. The molecule has 0 bridgehead atoms. The van der Waals surface area contributed by atoms with Gasteiger partial charge in [-0.05, 0) is 24.1 Å². The summed E-state index contributed by atoms with van der Waals surface area (Å²) in [6, 6.07) is 5.54. The molecule has 19 heavy (non-hydrogen) atoms. The monoisotopic (exact) mass is 264 g/mol. The zero-order valence-corrected chi connectivity index (χ0v) is 12.3. The highest BCUT2D eigenvalue weighted by Crippen LogP contribution is 2.20. The summed E-state index contributed by atoms with van der Waals surface area (Å²) in [5.41, 5.74) is 7.79. The van der Waals surface area contributed by atoms with E-state index < -0.39 is 0 Å². The molecular weight excluding hydrogens is 240 g/mol. The Morgan fingerprint density at radius 2 is 2.11 bits per heavy atom. The quantitative estimate of drug-likeness (QED) is 0.633. The number of carbonyl (C=O) groups excluding carboxylic acids is 1. The number of hydrogen-bond acceptors (Lipinski definition) is 4. The Hall–Kier alpha value is -1.55. The normalized spacial score (nSPS) is 11.1. The predicted octanol–water partition coefficient (Wildman–Crippen LogP) is 2.53. The molecule has 0 amide bonds. The Labute approximate surface area is 115 Å². The maximum absolute atomic E-state index is 11.8. The molecule has 4 nitrogen and oxygen atoms in total. The first kappa shape index (κ1) is 15.5. The fourth-order valence-corrected chi connectivity index (χ4v) is 2.17. The largest absolute Gasteiger partial charge is 0.465 e. The average molecular weight is 264 g/mol. The number of methoxy groups -OCH3 is 1. The lowest BCUT2D eigenvalue weighted by molar-refractivity contribution is 0.0599. The van der Waals surface area contributed by atoms with Crippen LogP contribution in [-0.4, -0.2) is 31.1 Å². The van der Waals surface area contributed by atoms with Gasteiger partial charge in [-0.1, -0.05) is 32.9 Å². The molecule has 0 spiro atoms. The lowest BCUT2D eigenvalue weighted by Crippen LogP contribution is -2.28. The van der Waals surface area contributed by atoms with Gasteiger partial charge in [-0.15, -0.1) is 0 Å². The summed E-state index contributed by atoms with van der Waals surface area (Å²) < 4.78 is 4.82. The molecule has 0 aliphatic heterocycles. The van der Waals surface area contributed by atoms with E-state index in [0.717, 1.165) is 18.7 Å². The molecule has 1 aromatic carbocycles. The van der Waals surface area contributed by atoms with Crippen molar-refractivity contribution in [2.24, 2.45) is 5.92 Å². The lowest BCUT2D eigenvalue weighted by Gasteiger charge is -2.23. The van der Waals surface area contributed by atoms with Gasteiger partial charge in [0.05, 0.1) is 12.7 Å². The molecule has 0 radical (unpaired) electrons. The van der Waals surface area contributed by atoms with Crippen molar-refractivity contribution in [3.05, 3.63) is 29.3 Å². The lowest BCUT2D eigenvalue weighted by atomic mass is 10.0. The number of ether oxygens (including phenoxy) is 1. The van der Waals surface area contributed by atoms with Gasteiger partial charge in [-0.2, -0.15) is 0 Å². The first-order valence-electron chi connectivity index (χ1n) is 6.67. The SMILES string of the molecule is CCN(Cc1cccc(N)c1C(=O)OC)CC(C)C. The highest BCUT2D eigenvalue weighted by molar-refractivity contribution is 5.96. The standard InChI is InChI=1S/C15H24N2O2/c1-5-17(9-11(2)3)10-12-7-6-8-13(16)14(12)15(18)19-4/h6-8,11H,5,9-10,16H2,1-4H3. The minimum Gasteiger partial charge on any atom is -0.465 e. The van der Waals surface area contributed by atoms with Crippen LogP contribution in [0.4, 0.5) is 5.69 Å². The summed E-state index contributed by atoms with van der Waals surface area (Å²) in [5.74, 6) is 0.219. The number of benzene rings is 1. The Balaban J connectivity index is 2.99. The number of nitrogens with two attached hydrogens (primary N) is 1. The average Bonchev–Trinajstić information content (AvgIpc) is 2.36. The van der Waals surface area contributed by atoms with Gasteiger partial charge in [0.25, 0.3) is 0 Å². The number of rotatable bonds is 6. The Morgan fingerprint density at radius 3 is 2.63 bits per heavy atom. The van der Waals surface area contributed by atoms with Crippen LogP contribution >= 0.6 is 0 Å². The van der Waals surface area contributed by atoms with Crippen molar-refractivity contribution in [2.45, 2.75) is 27.3 Å². The highest BCUT2D eigenvalue weighted by Gasteiger charge is 2.17. The van der Waals surface area contributed by atoms with Crippen molar-refractivity contribution in [2.75, 3.05) is 25.9 Å². The molecule has 4 heteroatoms. The van der Waals surface area contributed by atoms with Crippen LogP contribution in [0.2, 0.25) is 0 Å². The van der Waals surface area contributed by atoms with E-state index in [1.807, 2.05) is 12.1 Å². The minimum absolute atomic E-state index is 0.367. The van der Waals surface area contributed by atoms with E-state index in [0.29, 0.717) is 23.7 Å². The first-order valence-corrected chi connectivity index (χ1v) is 6.67. The van der Waals surface area contributed by atoms with Crippen molar-refractivity contribution in [1.82, 2.24) is 4.90 Å². The zero-order valence-electron chi connectivity index (χ0n) is 12.3. The molecule has 0 saturated heterocycles. The first-order chi connectivity index (χ1) is 8.99. The predicted molar refractivity (Wildman–Crippen MR) is 78.0 cm³/mol. The van der Waals surface area contributed by atoms with E-state index >= 15 is 0 Å². The zero-order chi connectivity index (χ0) is 14.4. The highest BCUT2D eigenvalue weighted by atomic mass is 16.5. The summed E-state index contributed by atoms with van der Waals surface area (Å²) >= 11 is 0. The second-order valence-corrected chi connectivity index (χ2v) is 5.09. The van der Waals surface area contributed by atoms with Gasteiger partial charge in [0.1, 0.15) is 0 Å². The summed E-state index contributed by atoms with van der Waals surface area (Å²) in [4.78, 5) is 14.1. The van der Waals surface area contributed by atoms with Crippen LogP contribution in [0.5, 0.6) is 0 Å². The van der Waals surface area contributed by atoms with Crippen LogP contribution in [0.25, 0.3) is 0 Å². The molecule has 0 aliphatic carbocycles. The molecule has 0 fully saturated rings. The number of nitrogen functional groups attached to an aromatic ring is 1. The Bertz CT molecular complexity index is 430. The molecule has 2 N–H and O–H groups in total. The molecule has 0 unspecified atom stereocenters. The van der Waals surface area contributed by atoms with E-state index in [4.69, 9.17) is 10.5 Å². The van der Waals surface area contributed by atoms with E-state index in [-0.39, 0.29) is 5.97 Å². The number of hydrogen-bond donors (Lipinski definition) is 1. The Morgan fingerprint density at radius 1 is 1.42 bits per heavy atom. The second-order valence-electron chi connectivity index (χ2n) is 5.09. The van der Waals surface area contributed by atoms with Crippen molar-refractivity contribution < 1.29 is 9.53 Å². The molecule has 0 saturated carbocycles. The fourth-order valence-electron chi connectivity index (χ4n) is 2.17. The summed E-state index contributed by atoms with van der Waals surface area (Å²) in [6.45, 7) is 9.13. The third kappa shape index (κ3) is 4.24. The van der Waals surface area contributed by atoms with Gasteiger partial charge in [-0.3, -0.25) is 4.90 Å². The van der Waals surface area contributed by atoms with Gasteiger partial charge >= 0.3 is 5.97 Å². The second kappa shape index (κ2) is 7.14. The number of nitrogens with zero attached hydrogens (tertiary/aromatic N) is 1. The van der Waals surface area contributed by atoms with Crippen LogP contribution in [0, 0.1) is 5.92 Å². The smallest absolute Gasteiger partial charge is 0.340 e. The molecule has 106 valence electrons. The minimum atomic E-state index is -0.367. The number of esters is 1. The summed E-state index contributed by atoms with van der Waals surface area (Å²) in [7, 11) is 1.38. The third-order valence-electron chi connectivity index (χ3n) is 3.04.